The number of carbonyl (C=O) groups is 1. The van der Waals surface area contributed by atoms with Crippen LogP contribution in [0.1, 0.15) is 42.6 Å². The van der Waals surface area contributed by atoms with Crippen LogP contribution < -0.4 is 5.32 Å². The van der Waals surface area contributed by atoms with Gasteiger partial charge in [-0.1, -0.05) is 18.9 Å². The molecule has 2 heterocycles. The molecule has 0 aromatic carbocycles. The Hall–Kier alpha value is -1.62. The number of thiophene rings is 1. The zero-order valence-electron chi connectivity index (χ0n) is 12.8. The van der Waals surface area contributed by atoms with Gasteiger partial charge in [0.2, 0.25) is 0 Å². The van der Waals surface area contributed by atoms with Crippen molar-refractivity contribution in [2.45, 2.75) is 38.1 Å². The summed E-state index contributed by atoms with van der Waals surface area (Å²) in [6, 6.07) is 6.34. The van der Waals surface area contributed by atoms with Crippen molar-refractivity contribution in [1.82, 2.24) is 15.1 Å². The first kappa shape index (κ1) is 14.0. The number of nitrogens with one attached hydrogen (secondary N) is 1. The summed E-state index contributed by atoms with van der Waals surface area (Å²) in [6.07, 6.45) is 6.36. The normalized spacial score (nSPS) is 27.0. The maximum absolute atomic E-state index is 12.5. The molecule has 0 bridgehead atoms. The second kappa shape index (κ2) is 5.54. The van der Waals surface area contributed by atoms with Crippen LogP contribution in [-0.2, 0) is 7.05 Å². The molecular formula is C17H21N3OS. The number of rotatable bonds is 3. The van der Waals surface area contributed by atoms with E-state index in [-0.39, 0.29) is 5.91 Å². The first-order valence-corrected chi connectivity index (χ1v) is 8.99. The lowest BCUT2D eigenvalue weighted by Crippen LogP contribution is -2.37. The number of aromatic nitrogens is 2. The molecule has 3 atom stereocenters. The Balaban J connectivity index is 1.50. The Morgan fingerprint density at radius 3 is 3.09 bits per heavy atom. The Bertz CT molecular complexity index is 676. The van der Waals surface area contributed by atoms with Crippen molar-refractivity contribution >= 4 is 17.2 Å². The van der Waals surface area contributed by atoms with E-state index in [1.54, 1.807) is 16.0 Å². The lowest BCUT2D eigenvalue weighted by atomic mass is 9.97. The molecule has 116 valence electrons. The molecule has 0 aliphatic heterocycles. The average molecular weight is 315 g/mol. The molecule has 2 aliphatic rings. The standard InChI is InChI=1S/C17H21N3OS/c1-20-15(16-6-3-9-22-16)10-14(19-20)17(21)18-13-8-7-11-4-2-5-12(11)13/h3,6,9-13H,2,4-5,7-8H2,1H3,(H,18,21)/t11-,12-,13-/m0/s1. The van der Waals surface area contributed by atoms with E-state index >= 15 is 0 Å². The van der Waals surface area contributed by atoms with Gasteiger partial charge in [0, 0.05) is 13.1 Å². The first-order chi connectivity index (χ1) is 10.7. The number of nitrogens with zero attached hydrogens (tertiary/aromatic N) is 2. The Kier molecular flexibility index (Phi) is 3.53. The maximum atomic E-state index is 12.5. The van der Waals surface area contributed by atoms with E-state index in [0.717, 1.165) is 22.9 Å². The third-order valence-corrected chi connectivity index (χ3v) is 6.18. The van der Waals surface area contributed by atoms with Crippen molar-refractivity contribution in [2.24, 2.45) is 18.9 Å². The highest BCUT2D eigenvalue weighted by Gasteiger charge is 2.39. The Morgan fingerprint density at radius 2 is 2.27 bits per heavy atom. The van der Waals surface area contributed by atoms with Crippen LogP contribution in [0.4, 0.5) is 0 Å². The average Bonchev–Trinajstić information content (AvgIpc) is 3.22. The second-order valence-electron chi connectivity index (χ2n) is 6.53. The van der Waals surface area contributed by atoms with Crippen LogP contribution in [0.2, 0.25) is 0 Å². The number of carbonyl (C=O) groups excluding carboxylic acids is 1. The molecule has 0 spiro atoms. The van der Waals surface area contributed by atoms with Gasteiger partial charge in [0.15, 0.2) is 5.69 Å². The number of fused-ring (bicyclic) bond motifs is 1. The van der Waals surface area contributed by atoms with Crippen molar-refractivity contribution in [3.63, 3.8) is 0 Å². The molecule has 2 aliphatic carbocycles. The summed E-state index contributed by atoms with van der Waals surface area (Å²) in [5.74, 6) is 1.52. The third-order valence-electron chi connectivity index (χ3n) is 5.29. The minimum Gasteiger partial charge on any atom is -0.348 e. The molecule has 1 amide bonds. The van der Waals surface area contributed by atoms with Gasteiger partial charge in [-0.25, -0.2) is 0 Å². The van der Waals surface area contributed by atoms with E-state index in [0.29, 0.717) is 17.7 Å². The monoisotopic (exact) mass is 315 g/mol. The van der Waals surface area contributed by atoms with E-state index in [9.17, 15) is 4.79 Å². The molecule has 2 aromatic heterocycles. The Morgan fingerprint density at radius 1 is 1.36 bits per heavy atom. The molecule has 2 saturated carbocycles. The molecule has 4 rings (SSSR count). The zero-order valence-corrected chi connectivity index (χ0v) is 13.6. The van der Waals surface area contributed by atoms with Crippen LogP contribution in [0.15, 0.2) is 23.6 Å². The highest BCUT2D eigenvalue weighted by Crippen LogP contribution is 2.44. The molecule has 22 heavy (non-hydrogen) atoms. The van der Waals surface area contributed by atoms with Gasteiger partial charge in [0.05, 0.1) is 10.6 Å². The minimum atomic E-state index is -0.0176. The maximum Gasteiger partial charge on any atom is 0.272 e. The molecule has 0 radical (unpaired) electrons. The van der Waals surface area contributed by atoms with Gasteiger partial charge < -0.3 is 5.32 Å². The predicted octanol–water partition coefficient (Wildman–Crippen LogP) is 3.46. The highest BCUT2D eigenvalue weighted by molar-refractivity contribution is 7.13. The molecule has 0 unspecified atom stereocenters. The molecule has 0 saturated heterocycles. The van der Waals surface area contributed by atoms with Crippen LogP contribution in [-0.4, -0.2) is 21.7 Å². The fraction of sp³-hybridized carbons (Fsp3) is 0.529. The van der Waals surface area contributed by atoms with E-state index in [4.69, 9.17) is 0 Å². The van der Waals surface area contributed by atoms with Crippen LogP contribution in [0.3, 0.4) is 0 Å². The fourth-order valence-corrected chi connectivity index (χ4v) is 4.99. The summed E-state index contributed by atoms with van der Waals surface area (Å²) in [4.78, 5) is 13.7. The van der Waals surface area contributed by atoms with Crippen molar-refractivity contribution in [1.29, 1.82) is 0 Å². The molecule has 1 N–H and O–H groups in total. The van der Waals surface area contributed by atoms with Crippen molar-refractivity contribution in [3.05, 3.63) is 29.3 Å². The number of hydrogen-bond donors (Lipinski definition) is 1. The first-order valence-electron chi connectivity index (χ1n) is 8.11. The summed E-state index contributed by atoms with van der Waals surface area (Å²) in [5.41, 5.74) is 1.54. The van der Waals surface area contributed by atoms with Gasteiger partial charge in [0.25, 0.3) is 5.91 Å². The van der Waals surface area contributed by atoms with Gasteiger partial charge in [-0.05, 0) is 48.6 Å². The number of hydrogen-bond acceptors (Lipinski definition) is 3. The number of aryl methyl sites for hydroxylation is 1. The quantitative estimate of drug-likeness (QED) is 0.943. The SMILES string of the molecule is Cn1nc(C(=O)N[C@H]2CC[C@@H]3CCC[C@@H]32)cc1-c1cccs1. The van der Waals surface area contributed by atoms with Crippen LogP contribution >= 0.6 is 11.3 Å². The lowest BCUT2D eigenvalue weighted by molar-refractivity contribution is 0.0920. The topological polar surface area (TPSA) is 46.9 Å². The van der Waals surface area contributed by atoms with Gasteiger partial charge >= 0.3 is 0 Å². The smallest absolute Gasteiger partial charge is 0.272 e. The van der Waals surface area contributed by atoms with Gasteiger partial charge in [-0.3, -0.25) is 9.48 Å². The number of amides is 1. The van der Waals surface area contributed by atoms with Crippen LogP contribution in [0.5, 0.6) is 0 Å². The molecule has 4 nitrogen and oxygen atoms in total. The summed E-state index contributed by atoms with van der Waals surface area (Å²) in [5, 5.41) is 9.69. The largest absolute Gasteiger partial charge is 0.348 e. The summed E-state index contributed by atoms with van der Waals surface area (Å²) < 4.78 is 1.80. The molecular weight excluding hydrogens is 294 g/mol. The van der Waals surface area contributed by atoms with Crippen molar-refractivity contribution in [2.75, 3.05) is 0 Å². The zero-order chi connectivity index (χ0) is 15.1. The van der Waals surface area contributed by atoms with E-state index in [1.165, 1.54) is 25.7 Å². The second-order valence-corrected chi connectivity index (χ2v) is 7.48. The summed E-state index contributed by atoms with van der Waals surface area (Å²) in [6.45, 7) is 0. The van der Waals surface area contributed by atoms with E-state index < -0.39 is 0 Å². The minimum absolute atomic E-state index is 0.0176. The highest BCUT2D eigenvalue weighted by atomic mass is 32.1. The van der Waals surface area contributed by atoms with Gasteiger partial charge in [-0.15, -0.1) is 11.3 Å². The molecule has 2 aromatic rings. The van der Waals surface area contributed by atoms with Crippen molar-refractivity contribution in [3.8, 4) is 10.6 Å². The molecule has 2 fully saturated rings. The van der Waals surface area contributed by atoms with E-state index in [2.05, 4.69) is 16.5 Å². The summed E-state index contributed by atoms with van der Waals surface area (Å²) >= 11 is 1.67. The Labute approximate surface area is 134 Å². The van der Waals surface area contributed by atoms with Gasteiger partial charge in [-0.2, -0.15) is 5.10 Å². The van der Waals surface area contributed by atoms with Gasteiger partial charge in [0.1, 0.15) is 0 Å². The fourth-order valence-electron chi connectivity index (χ4n) is 4.22. The van der Waals surface area contributed by atoms with Crippen molar-refractivity contribution < 1.29 is 4.79 Å². The van der Waals surface area contributed by atoms with Crippen LogP contribution in [0.25, 0.3) is 10.6 Å². The predicted molar refractivity (Wildman–Crippen MR) is 87.8 cm³/mol. The summed E-state index contributed by atoms with van der Waals surface area (Å²) in [7, 11) is 1.90. The van der Waals surface area contributed by atoms with E-state index in [1.807, 2.05) is 24.6 Å². The van der Waals surface area contributed by atoms with Crippen LogP contribution in [0, 0.1) is 11.8 Å². The molecule has 5 heteroatoms. The third kappa shape index (κ3) is 2.37. The lowest BCUT2D eigenvalue weighted by Gasteiger charge is -2.19.